The number of carbonyl (C=O) groups is 1. The lowest BCUT2D eigenvalue weighted by Crippen LogP contribution is -2.53. The van der Waals surface area contributed by atoms with Gasteiger partial charge in [0, 0.05) is 55.9 Å². The molecule has 1 aromatic heterocycles. The molecule has 1 N–H and O–H groups in total. The third-order valence-corrected chi connectivity index (χ3v) is 7.31. The molecule has 3 fully saturated rings. The molecule has 1 aromatic rings. The largest absolute Gasteiger partial charge is 0.396 e. The van der Waals surface area contributed by atoms with Crippen molar-refractivity contribution in [2.24, 2.45) is 17.8 Å². The van der Waals surface area contributed by atoms with Crippen molar-refractivity contribution < 1.29 is 14.6 Å². The van der Waals surface area contributed by atoms with E-state index in [1.54, 1.807) is 0 Å². The van der Waals surface area contributed by atoms with E-state index in [1.165, 1.54) is 12.8 Å². The maximum Gasteiger partial charge on any atom is 0.258 e. The summed E-state index contributed by atoms with van der Waals surface area (Å²) in [5.74, 6) is 0.656. The van der Waals surface area contributed by atoms with Gasteiger partial charge in [-0.25, -0.2) is 0 Å². The van der Waals surface area contributed by atoms with E-state index >= 15 is 0 Å². The highest BCUT2D eigenvalue weighted by Gasteiger charge is 2.56. The second-order valence-electron chi connectivity index (χ2n) is 9.11. The molecule has 1 amide bonds. The lowest BCUT2D eigenvalue weighted by Gasteiger charge is -2.36. The normalized spacial score (nSPS) is 31.3. The highest BCUT2D eigenvalue weighted by atomic mass is 16.5. The van der Waals surface area contributed by atoms with Crippen molar-refractivity contribution in [2.75, 3.05) is 39.5 Å². The number of morpholine rings is 1. The highest BCUT2D eigenvalue weighted by molar-refractivity contribution is 5.83. The zero-order chi connectivity index (χ0) is 20.8. The third kappa shape index (κ3) is 3.24. The van der Waals surface area contributed by atoms with Crippen LogP contribution in [-0.2, 0) is 16.1 Å². The quantitative estimate of drug-likeness (QED) is 0.783. The van der Waals surface area contributed by atoms with Gasteiger partial charge in [0.2, 0.25) is 5.91 Å². The molecular formula is C23H31N3O4. The molecule has 4 aliphatic rings. The van der Waals surface area contributed by atoms with Crippen LogP contribution in [0.5, 0.6) is 0 Å². The van der Waals surface area contributed by atoms with Crippen LogP contribution in [0.15, 0.2) is 23.0 Å². The maximum absolute atomic E-state index is 13.6. The highest BCUT2D eigenvalue weighted by Crippen LogP contribution is 2.51. The number of hydrogen-bond acceptors (Lipinski definition) is 5. The van der Waals surface area contributed by atoms with Gasteiger partial charge in [-0.1, -0.05) is 12.2 Å². The zero-order valence-corrected chi connectivity index (χ0v) is 17.6. The van der Waals surface area contributed by atoms with E-state index in [2.05, 4.69) is 11.0 Å². The van der Waals surface area contributed by atoms with Crippen molar-refractivity contribution in [1.29, 1.82) is 0 Å². The molecule has 5 rings (SSSR count). The van der Waals surface area contributed by atoms with Gasteiger partial charge >= 0.3 is 0 Å². The Hall–Kier alpha value is -1.96. The molecule has 1 aliphatic carbocycles. The number of hydrogen-bond donors (Lipinski definition) is 1. The van der Waals surface area contributed by atoms with Crippen molar-refractivity contribution in [3.8, 4) is 0 Å². The molecule has 162 valence electrons. The van der Waals surface area contributed by atoms with Crippen LogP contribution in [0.3, 0.4) is 0 Å². The number of ether oxygens (including phenoxy) is 1. The Kier molecular flexibility index (Phi) is 5.29. The number of fused-ring (bicyclic) bond motifs is 3. The SMILES string of the molecule is C/C=C/c1ccc2n(c1=O)C[C@@H]1[C@@H](CO)[C@H](C(=O)N3CCOCC3)N(CC3CC3)[C@H]21. The van der Waals surface area contributed by atoms with Crippen LogP contribution < -0.4 is 5.56 Å². The fourth-order valence-corrected chi connectivity index (χ4v) is 5.69. The van der Waals surface area contributed by atoms with Gasteiger partial charge in [0.15, 0.2) is 0 Å². The number of allylic oxidation sites excluding steroid dienone is 1. The van der Waals surface area contributed by atoms with Gasteiger partial charge in [-0.3, -0.25) is 14.5 Å². The number of aliphatic hydroxyl groups excluding tert-OH is 1. The minimum atomic E-state index is -0.317. The lowest BCUT2D eigenvalue weighted by atomic mass is 9.88. The molecule has 2 saturated heterocycles. The number of pyridine rings is 1. The van der Waals surface area contributed by atoms with E-state index in [1.807, 2.05) is 34.6 Å². The number of rotatable bonds is 5. The predicted molar refractivity (Wildman–Crippen MR) is 113 cm³/mol. The smallest absolute Gasteiger partial charge is 0.258 e. The first-order valence-corrected chi connectivity index (χ1v) is 11.2. The van der Waals surface area contributed by atoms with E-state index in [0.717, 1.165) is 12.2 Å². The van der Waals surface area contributed by atoms with Gasteiger partial charge in [-0.15, -0.1) is 0 Å². The molecule has 4 heterocycles. The summed E-state index contributed by atoms with van der Waals surface area (Å²) in [6, 6.07) is 3.65. The molecule has 4 atom stereocenters. The van der Waals surface area contributed by atoms with Gasteiger partial charge in [-0.2, -0.15) is 0 Å². The number of aromatic nitrogens is 1. The maximum atomic E-state index is 13.6. The van der Waals surface area contributed by atoms with Crippen LogP contribution in [0, 0.1) is 17.8 Å². The van der Waals surface area contributed by atoms with Crippen LogP contribution in [0.4, 0.5) is 0 Å². The van der Waals surface area contributed by atoms with Gasteiger partial charge < -0.3 is 19.3 Å². The van der Waals surface area contributed by atoms with Crippen LogP contribution >= 0.6 is 0 Å². The summed E-state index contributed by atoms with van der Waals surface area (Å²) >= 11 is 0. The Morgan fingerprint density at radius 2 is 2.03 bits per heavy atom. The first-order chi connectivity index (χ1) is 14.6. The zero-order valence-electron chi connectivity index (χ0n) is 17.6. The van der Waals surface area contributed by atoms with Crippen molar-refractivity contribution >= 4 is 12.0 Å². The van der Waals surface area contributed by atoms with Crippen molar-refractivity contribution in [3.05, 3.63) is 39.8 Å². The van der Waals surface area contributed by atoms with E-state index in [4.69, 9.17) is 4.74 Å². The Morgan fingerprint density at radius 3 is 2.70 bits per heavy atom. The monoisotopic (exact) mass is 413 g/mol. The number of aliphatic hydroxyl groups is 1. The molecule has 3 aliphatic heterocycles. The molecule has 0 aromatic carbocycles. The fourth-order valence-electron chi connectivity index (χ4n) is 5.69. The van der Waals surface area contributed by atoms with E-state index in [-0.39, 0.29) is 42.0 Å². The summed E-state index contributed by atoms with van der Waals surface area (Å²) in [4.78, 5) is 30.8. The van der Waals surface area contributed by atoms with Crippen molar-refractivity contribution in [2.45, 2.75) is 38.4 Å². The summed E-state index contributed by atoms with van der Waals surface area (Å²) in [5.41, 5.74) is 1.71. The summed E-state index contributed by atoms with van der Waals surface area (Å²) in [6.07, 6.45) is 6.12. The van der Waals surface area contributed by atoms with E-state index in [9.17, 15) is 14.7 Å². The number of likely N-dealkylation sites (tertiary alicyclic amines) is 1. The Morgan fingerprint density at radius 1 is 1.27 bits per heavy atom. The average Bonchev–Trinajstić information content (AvgIpc) is 3.43. The van der Waals surface area contributed by atoms with Crippen LogP contribution in [0.1, 0.15) is 37.1 Å². The van der Waals surface area contributed by atoms with Crippen LogP contribution in [0.25, 0.3) is 6.08 Å². The summed E-state index contributed by atoms with van der Waals surface area (Å²) in [6.45, 7) is 5.69. The average molecular weight is 414 g/mol. The van der Waals surface area contributed by atoms with Gasteiger partial charge in [-0.05, 0) is 37.8 Å². The summed E-state index contributed by atoms with van der Waals surface area (Å²) in [7, 11) is 0. The molecule has 7 nitrogen and oxygen atoms in total. The van der Waals surface area contributed by atoms with E-state index in [0.29, 0.717) is 44.3 Å². The topological polar surface area (TPSA) is 75.0 Å². The fraction of sp³-hybridized carbons (Fsp3) is 0.652. The number of carbonyl (C=O) groups excluding carboxylic acids is 1. The van der Waals surface area contributed by atoms with Crippen LogP contribution in [-0.4, -0.2) is 70.9 Å². The van der Waals surface area contributed by atoms with Crippen LogP contribution in [0.2, 0.25) is 0 Å². The molecule has 1 saturated carbocycles. The van der Waals surface area contributed by atoms with Gasteiger partial charge in [0.05, 0.1) is 25.3 Å². The van der Waals surface area contributed by atoms with Gasteiger partial charge in [0.1, 0.15) is 0 Å². The predicted octanol–water partition coefficient (Wildman–Crippen LogP) is 1.11. The molecule has 0 bridgehead atoms. The molecule has 0 spiro atoms. The summed E-state index contributed by atoms with van der Waals surface area (Å²) < 4.78 is 7.31. The Bertz CT molecular complexity index is 900. The molecule has 0 radical (unpaired) electrons. The van der Waals surface area contributed by atoms with Crippen molar-refractivity contribution in [3.63, 3.8) is 0 Å². The first kappa shape index (κ1) is 20.0. The molecule has 7 heteroatoms. The van der Waals surface area contributed by atoms with E-state index < -0.39 is 0 Å². The van der Waals surface area contributed by atoms with Crippen molar-refractivity contribution in [1.82, 2.24) is 14.4 Å². The molecule has 0 unspecified atom stereocenters. The minimum absolute atomic E-state index is 0.0186. The second-order valence-corrected chi connectivity index (χ2v) is 9.11. The number of amides is 1. The Balaban J connectivity index is 1.53. The standard InChI is InChI=1S/C23H31N3O4/c1-2-3-16-6-7-19-20-17(13-25(19)22(16)28)18(14-27)21(26(20)12-15-4-5-15)23(29)24-8-10-30-11-9-24/h2-3,6-7,15,17-18,20-21,27H,4-5,8-14H2,1H3/b3-2+/t17-,18-,20+,21-/m1/s1. The first-order valence-electron chi connectivity index (χ1n) is 11.2. The summed E-state index contributed by atoms with van der Waals surface area (Å²) in [5, 5.41) is 10.4. The Labute approximate surface area is 176 Å². The third-order valence-electron chi connectivity index (χ3n) is 7.31. The van der Waals surface area contributed by atoms with Gasteiger partial charge in [0.25, 0.3) is 5.56 Å². The second kappa shape index (κ2) is 7.94. The molecule has 30 heavy (non-hydrogen) atoms. The lowest BCUT2D eigenvalue weighted by molar-refractivity contribution is -0.142. The minimum Gasteiger partial charge on any atom is -0.396 e. The molecular weight excluding hydrogens is 382 g/mol. The number of nitrogens with zero attached hydrogens (tertiary/aromatic N) is 3.